The van der Waals surface area contributed by atoms with E-state index in [9.17, 15) is 0 Å². The van der Waals surface area contributed by atoms with Gasteiger partial charge in [-0.25, -0.2) is 5.90 Å². The minimum Gasteiger partial charge on any atom is -0.294 e. The fourth-order valence-electron chi connectivity index (χ4n) is 1.29. The molecule has 1 rings (SSSR count). The molecule has 0 amide bonds. The Morgan fingerprint density at radius 2 is 2.00 bits per heavy atom. The van der Waals surface area contributed by atoms with Crippen LogP contribution in [0.4, 0.5) is 0 Å². The number of hydrogen-bond donors (Lipinski definition) is 1. The van der Waals surface area contributed by atoms with Crippen molar-refractivity contribution in [3.8, 4) is 0 Å². The molecule has 0 bridgehead atoms. The van der Waals surface area contributed by atoms with Crippen LogP contribution in [0.15, 0.2) is 6.07 Å². The number of thiophene rings is 1. The molecule has 1 heterocycles. The van der Waals surface area contributed by atoms with Crippen molar-refractivity contribution >= 4 is 11.3 Å². The number of rotatable bonds is 2. The lowest BCUT2D eigenvalue weighted by molar-refractivity contribution is -0.0237. The molecule has 3 heteroatoms. The quantitative estimate of drug-likeness (QED) is 0.718. The van der Waals surface area contributed by atoms with Gasteiger partial charge in [-0.15, -0.1) is 11.3 Å². The van der Waals surface area contributed by atoms with Crippen molar-refractivity contribution in [2.75, 3.05) is 0 Å². The standard InChI is InChI=1S/C9H15NOS/c1-6-5-8(7(2)12-6)9(3,4)11-10/h5H,10H2,1-4H3. The van der Waals surface area contributed by atoms with Crippen molar-refractivity contribution in [1.82, 2.24) is 0 Å². The Kier molecular flexibility index (Phi) is 2.56. The van der Waals surface area contributed by atoms with Crippen LogP contribution >= 0.6 is 11.3 Å². The Morgan fingerprint density at radius 1 is 1.42 bits per heavy atom. The summed E-state index contributed by atoms with van der Waals surface area (Å²) in [6.45, 7) is 8.13. The minimum atomic E-state index is -0.366. The van der Waals surface area contributed by atoms with Crippen molar-refractivity contribution < 1.29 is 4.84 Å². The monoisotopic (exact) mass is 185 g/mol. The molecule has 0 saturated heterocycles. The van der Waals surface area contributed by atoms with E-state index >= 15 is 0 Å². The lowest BCUT2D eigenvalue weighted by atomic mass is 9.99. The normalized spacial score (nSPS) is 12.1. The van der Waals surface area contributed by atoms with Gasteiger partial charge in [0.1, 0.15) is 5.60 Å². The maximum Gasteiger partial charge on any atom is 0.110 e. The smallest absolute Gasteiger partial charge is 0.110 e. The summed E-state index contributed by atoms with van der Waals surface area (Å²) in [4.78, 5) is 7.50. The molecule has 68 valence electrons. The van der Waals surface area contributed by atoms with Gasteiger partial charge in [0.15, 0.2) is 0 Å². The van der Waals surface area contributed by atoms with Gasteiger partial charge in [0, 0.05) is 9.75 Å². The van der Waals surface area contributed by atoms with Gasteiger partial charge in [-0.3, -0.25) is 4.84 Å². The second kappa shape index (κ2) is 3.17. The van der Waals surface area contributed by atoms with Crippen molar-refractivity contribution in [2.24, 2.45) is 5.90 Å². The molecule has 0 atom stereocenters. The first-order chi connectivity index (χ1) is 5.47. The van der Waals surface area contributed by atoms with Gasteiger partial charge in [-0.1, -0.05) is 0 Å². The maximum atomic E-state index is 5.22. The molecular weight excluding hydrogens is 170 g/mol. The molecule has 0 aliphatic heterocycles. The second-order valence-corrected chi connectivity index (χ2v) is 4.92. The van der Waals surface area contributed by atoms with Crippen molar-refractivity contribution in [3.05, 3.63) is 21.4 Å². The third-order valence-corrected chi connectivity index (χ3v) is 2.95. The molecule has 2 N–H and O–H groups in total. The van der Waals surface area contributed by atoms with E-state index in [1.54, 1.807) is 11.3 Å². The van der Waals surface area contributed by atoms with E-state index < -0.39 is 0 Å². The van der Waals surface area contributed by atoms with Gasteiger partial charge in [-0.2, -0.15) is 0 Å². The molecule has 0 fully saturated rings. The molecule has 1 aromatic rings. The lowest BCUT2D eigenvalue weighted by Gasteiger charge is -2.21. The summed E-state index contributed by atoms with van der Waals surface area (Å²) >= 11 is 1.78. The van der Waals surface area contributed by atoms with Crippen LogP contribution in [-0.2, 0) is 10.4 Å². The predicted molar refractivity (Wildman–Crippen MR) is 52.1 cm³/mol. The van der Waals surface area contributed by atoms with Crippen molar-refractivity contribution in [2.45, 2.75) is 33.3 Å². The van der Waals surface area contributed by atoms with Gasteiger partial charge in [0.2, 0.25) is 0 Å². The van der Waals surface area contributed by atoms with E-state index in [1.807, 2.05) is 13.8 Å². The molecule has 0 spiro atoms. The topological polar surface area (TPSA) is 35.2 Å². The Hall–Kier alpha value is -0.380. The number of nitrogens with two attached hydrogens (primary N) is 1. The molecule has 2 nitrogen and oxygen atoms in total. The molecule has 12 heavy (non-hydrogen) atoms. The molecule has 0 aromatic carbocycles. The Morgan fingerprint density at radius 3 is 2.33 bits per heavy atom. The number of aryl methyl sites for hydroxylation is 2. The fourth-order valence-corrected chi connectivity index (χ4v) is 2.37. The first-order valence-electron chi connectivity index (χ1n) is 3.93. The van der Waals surface area contributed by atoms with Crippen LogP contribution in [-0.4, -0.2) is 0 Å². The molecule has 0 radical (unpaired) electrons. The predicted octanol–water partition coefficient (Wildman–Crippen LogP) is 2.49. The van der Waals surface area contributed by atoms with Crippen LogP contribution in [0.5, 0.6) is 0 Å². The average molecular weight is 185 g/mol. The summed E-state index contributed by atoms with van der Waals surface area (Å²) in [6, 6.07) is 2.13. The highest BCUT2D eigenvalue weighted by molar-refractivity contribution is 7.12. The highest BCUT2D eigenvalue weighted by Gasteiger charge is 2.23. The summed E-state index contributed by atoms with van der Waals surface area (Å²) in [7, 11) is 0. The van der Waals surface area contributed by atoms with Gasteiger partial charge < -0.3 is 0 Å². The highest BCUT2D eigenvalue weighted by atomic mass is 32.1. The Bertz CT molecular complexity index is 278. The summed E-state index contributed by atoms with van der Waals surface area (Å²) in [5, 5.41) is 0. The maximum absolute atomic E-state index is 5.22. The van der Waals surface area contributed by atoms with Gasteiger partial charge in [0.25, 0.3) is 0 Å². The Balaban J connectivity index is 3.09. The SMILES string of the molecule is Cc1cc(C(C)(C)ON)c(C)s1. The van der Waals surface area contributed by atoms with Crippen LogP contribution in [0.3, 0.4) is 0 Å². The number of hydrogen-bond acceptors (Lipinski definition) is 3. The first-order valence-corrected chi connectivity index (χ1v) is 4.74. The minimum absolute atomic E-state index is 0.366. The van der Waals surface area contributed by atoms with Gasteiger partial charge in [-0.05, 0) is 39.3 Å². The lowest BCUT2D eigenvalue weighted by Crippen LogP contribution is -2.25. The summed E-state index contributed by atoms with van der Waals surface area (Å²) < 4.78 is 0. The average Bonchev–Trinajstić information content (AvgIpc) is 2.31. The molecule has 0 unspecified atom stereocenters. The zero-order valence-electron chi connectivity index (χ0n) is 7.97. The fraction of sp³-hybridized carbons (Fsp3) is 0.556. The molecular formula is C9H15NOS. The van der Waals surface area contributed by atoms with Gasteiger partial charge >= 0.3 is 0 Å². The molecule has 1 aromatic heterocycles. The van der Waals surface area contributed by atoms with Crippen molar-refractivity contribution in [3.63, 3.8) is 0 Å². The molecule has 0 aliphatic carbocycles. The van der Waals surface area contributed by atoms with Crippen LogP contribution in [0.2, 0.25) is 0 Å². The van der Waals surface area contributed by atoms with Gasteiger partial charge in [0.05, 0.1) is 0 Å². The summed E-state index contributed by atoms with van der Waals surface area (Å²) in [5.41, 5.74) is 0.821. The van der Waals surface area contributed by atoms with E-state index in [2.05, 4.69) is 19.9 Å². The first kappa shape index (κ1) is 9.71. The van der Waals surface area contributed by atoms with Crippen molar-refractivity contribution in [1.29, 1.82) is 0 Å². The molecule has 0 aliphatic rings. The zero-order valence-corrected chi connectivity index (χ0v) is 8.79. The molecule has 0 saturated carbocycles. The van der Waals surface area contributed by atoms with E-state index in [0.29, 0.717) is 0 Å². The van der Waals surface area contributed by atoms with E-state index in [0.717, 1.165) is 0 Å². The van der Waals surface area contributed by atoms with E-state index in [1.165, 1.54) is 15.3 Å². The largest absolute Gasteiger partial charge is 0.294 e. The third-order valence-electron chi connectivity index (χ3n) is 1.98. The highest BCUT2D eigenvalue weighted by Crippen LogP contribution is 2.31. The summed E-state index contributed by atoms with van der Waals surface area (Å²) in [6.07, 6.45) is 0. The van der Waals surface area contributed by atoms with E-state index in [-0.39, 0.29) is 5.60 Å². The Labute approximate surface area is 77.3 Å². The van der Waals surface area contributed by atoms with E-state index in [4.69, 9.17) is 10.7 Å². The zero-order chi connectivity index (χ0) is 9.35. The van der Waals surface area contributed by atoms with Crippen LogP contribution in [0.1, 0.15) is 29.2 Å². The second-order valence-electron chi connectivity index (χ2n) is 3.46. The van der Waals surface area contributed by atoms with Crippen LogP contribution in [0.25, 0.3) is 0 Å². The van der Waals surface area contributed by atoms with Crippen LogP contribution in [0, 0.1) is 13.8 Å². The third kappa shape index (κ3) is 1.68. The summed E-state index contributed by atoms with van der Waals surface area (Å²) in [5.74, 6) is 5.22. The van der Waals surface area contributed by atoms with Crippen LogP contribution < -0.4 is 5.90 Å².